The fraction of sp³-hybridized carbons (Fsp3) is 0.143. The molecule has 6 heteroatoms. The van der Waals surface area contributed by atoms with Gasteiger partial charge in [-0.3, -0.25) is 9.78 Å². The maximum atomic E-state index is 13.2. The van der Waals surface area contributed by atoms with Crippen molar-refractivity contribution >= 4 is 5.91 Å². The zero-order chi connectivity index (χ0) is 19.1. The highest BCUT2D eigenvalue weighted by molar-refractivity contribution is 5.82. The number of benzene rings is 2. The number of hydrogen-bond donors (Lipinski definition) is 2. The van der Waals surface area contributed by atoms with E-state index in [1.54, 1.807) is 48.7 Å². The molecule has 27 heavy (non-hydrogen) atoms. The van der Waals surface area contributed by atoms with Gasteiger partial charge in [-0.1, -0.05) is 30.3 Å². The van der Waals surface area contributed by atoms with Gasteiger partial charge in [0.1, 0.15) is 24.2 Å². The van der Waals surface area contributed by atoms with Crippen molar-refractivity contribution in [3.8, 4) is 5.75 Å². The van der Waals surface area contributed by atoms with Gasteiger partial charge < -0.3 is 15.8 Å². The van der Waals surface area contributed by atoms with Crippen molar-refractivity contribution in [1.29, 1.82) is 0 Å². The molecule has 0 saturated carbocycles. The van der Waals surface area contributed by atoms with Crippen LogP contribution in [0.4, 0.5) is 4.39 Å². The van der Waals surface area contributed by atoms with Gasteiger partial charge in [-0.05, 0) is 47.5 Å². The van der Waals surface area contributed by atoms with Crippen molar-refractivity contribution in [2.24, 2.45) is 5.73 Å². The third kappa shape index (κ3) is 5.36. The normalized spacial score (nSPS) is 11.6. The highest BCUT2D eigenvalue weighted by atomic mass is 19.1. The predicted octanol–water partition coefficient (Wildman–Crippen LogP) is 3.12. The summed E-state index contributed by atoms with van der Waals surface area (Å²) in [5.41, 5.74) is 8.11. The summed E-state index contributed by atoms with van der Waals surface area (Å²) >= 11 is 0. The topological polar surface area (TPSA) is 77.2 Å². The Morgan fingerprint density at radius 2 is 1.89 bits per heavy atom. The van der Waals surface area contributed by atoms with Crippen LogP contribution in [0.5, 0.6) is 5.75 Å². The molecule has 0 aliphatic rings. The molecule has 0 aliphatic carbocycles. The Bertz CT molecular complexity index is 885. The fourth-order valence-electron chi connectivity index (χ4n) is 2.49. The second kappa shape index (κ2) is 8.91. The summed E-state index contributed by atoms with van der Waals surface area (Å²) in [6, 6.07) is 18.1. The molecule has 0 spiro atoms. The van der Waals surface area contributed by atoms with E-state index in [4.69, 9.17) is 10.5 Å². The average molecular weight is 365 g/mol. The first-order valence-electron chi connectivity index (χ1n) is 8.52. The first-order valence-corrected chi connectivity index (χ1v) is 8.52. The number of nitrogens with zero attached hydrogens (tertiary/aromatic N) is 1. The Balaban J connectivity index is 1.49. The van der Waals surface area contributed by atoms with Crippen molar-refractivity contribution in [2.45, 2.75) is 19.2 Å². The zero-order valence-corrected chi connectivity index (χ0v) is 14.6. The van der Waals surface area contributed by atoms with E-state index >= 15 is 0 Å². The Morgan fingerprint density at radius 3 is 2.59 bits per heavy atom. The number of amides is 1. The average Bonchev–Trinajstić information content (AvgIpc) is 2.71. The van der Waals surface area contributed by atoms with Crippen LogP contribution in [0.15, 0.2) is 72.9 Å². The second-order valence-electron chi connectivity index (χ2n) is 6.01. The minimum atomic E-state index is -0.805. The number of hydrogen-bond acceptors (Lipinski definition) is 4. The van der Waals surface area contributed by atoms with E-state index in [1.807, 2.05) is 12.1 Å². The summed E-state index contributed by atoms with van der Waals surface area (Å²) < 4.78 is 18.8. The molecule has 0 fully saturated rings. The maximum Gasteiger partial charge on any atom is 0.243 e. The van der Waals surface area contributed by atoms with Crippen LogP contribution in [0.25, 0.3) is 0 Å². The Labute approximate surface area is 157 Å². The molecule has 0 saturated heterocycles. The molecule has 1 atom stereocenters. The van der Waals surface area contributed by atoms with Crippen LogP contribution in [0.3, 0.4) is 0 Å². The van der Waals surface area contributed by atoms with Gasteiger partial charge in [0.25, 0.3) is 0 Å². The van der Waals surface area contributed by atoms with Gasteiger partial charge in [0.15, 0.2) is 0 Å². The number of halogens is 1. The lowest BCUT2D eigenvalue weighted by Gasteiger charge is -2.12. The number of ether oxygens (including phenoxy) is 1. The smallest absolute Gasteiger partial charge is 0.243 e. The zero-order valence-electron chi connectivity index (χ0n) is 14.6. The van der Waals surface area contributed by atoms with E-state index in [2.05, 4.69) is 10.3 Å². The van der Waals surface area contributed by atoms with Gasteiger partial charge in [0.05, 0.1) is 5.69 Å². The third-order valence-electron chi connectivity index (χ3n) is 3.97. The number of carbonyl (C=O) groups is 1. The summed E-state index contributed by atoms with van der Waals surface area (Å²) in [5.74, 6) is 0.0887. The lowest BCUT2D eigenvalue weighted by Crippen LogP contribution is -2.34. The monoisotopic (exact) mass is 365 g/mol. The molecule has 3 rings (SSSR count). The molecule has 2 aromatic carbocycles. The number of nitrogens with one attached hydrogen (secondary N) is 1. The molecule has 1 aromatic heterocycles. The van der Waals surface area contributed by atoms with Crippen molar-refractivity contribution < 1.29 is 13.9 Å². The molecule has 3 aromatic rings. The van der Waals surface area contributed by atoms with E-state index in [0.717, 1.165) is 11.1 Å². The molecule has 1 amide bonds. The first kappa shape index (κ1) is 18.5. The second-order valence-corrected chi connectivity index (χ2v) is 6.01. The molecular weight excluding hydrogens is 345 g/mol. The van der Waals surface area contributed by atoms with E-state index in [-0.39, 0.29) is 18.3 Å². The van der Waals surface area contributed by atoms with Crippen LogP contribution in [-0.4, -0.2) is 10.9 Å². The SMILES string of the molecule is NC(C(=O)NCc1ccc(OCc2cccc(F)c2)cc1)c1ccccn1. The maximum absolute atomic E-state index is 13.2. The molecule has 1 heterocycles. The van der Waals surface area contributed by atoms with Crippen molar-refractivity contribution in [2.75, 3.05) is 0 Å². The minimum Gasteiger partial charge on any atom is -0.489 e. The molecule has 1 unspecified atom stereocenters. The van der Waals surface area contributed by atoms with Gasteiger partial charge in [-0.2, -0.15) is 0 Å². The minimum absolute atomic E-state index is 0.284. The van der Waals surface area contributed by atoms with Crippen LogP contribution in [-0.2, 0) is 17.9 Å². The summed E-state index contributed by atoms with van der Waals surface area (Å²) in [6.07, 6.45) is 1.60. The summed E-state index contributed by atoms with van der Waals surface area (Å²) in [7, 11) is 0. The van der Waals surface area contributed by atoms with E-state index in [1.165, 1.54) is 12.1 Å². The van der Waals surface area contributed by atoms with E-state index in [9.17, 15) is 9.18 Å². The standard InChI is InChI=1S/C21H20FN3O2/c22-17-5-3-4-16(12-17)14-27-18-9-7-15(8-10-18)13-25-21(26)20(23)19-6-1-2-11-24-19/h1-12,20H,13-14,23H2,(H,25,26). The summed E-state index contributed by atoms with van der Waals surface area (Å²) in [6.45, 7) is 0.635. The fourth-order valence-corrected chi connectivity index (χ4v) is 2.49. The molecule has 5 nitrogen and oxygen atoms in total. The highest BCUT2D eigenvalue weighted by Gasteiger charge is 2.16. The van der Waals surface area contributed by atoms with Crippen LogP contribution >= 0.6 is 0 Å². The quantitative estimate of drug-likeness (QED) is 0.674. The Hall–Kier alpha value is -3.25. The molecule has 0 radical (unpaired) electrons. The molecule has 0 bridgehead atoms. The Morgan fingerprint density at radius 1 is 1.07 bits per heavy atom. The van der Waals surface area contributed by atoms with Gasteiger partial charge in [-0.25, -0.2) is 4.39 Å². The molecule has 138 valence electrons. The van der Waals surface area contributed by atoms with Gasteiger partial charge in [-0.15, -0.1) is 0 Å². The molecular formula is C21H20FN3O2. The lowest BCUT2D eigenvalue weighted by molar-refractivity contribution is -0.122. The largest absolute Gasteiger partial charge is 0.489 e. The lowest BCUT2D eigenvalue weighted by atomic mass is 10.1. The van der Waals surface area contributed by atoms with Crippen molar-refractivity contribution in [1.82, 2.24) is 10.3 Å². The van der Waals surface area contributed by atoms with Gasteiger partial charge in [0.2, 0.25) is 5.91 Å². The number of pyridine rings is 1. The third-order valence-corrected chi connectivity index (χ3v) is 3.97. The van der Waals surface area contributed by atoms with E-state index < -0.39 is 6.04 Å². The van der Waals surface area contributed by atoms with Crippen molar-refractivity contribution in [3.05, 3.63) is 95.6 Å². The predicted molar refractivity (Wildman–Crippen MR) is 100 cm³/mol. The number of rotatable bonds is 7. The number of nitrogens with two attached hydrogens (primary N) is 1. The Kier molecular flexibility index (Phi) is 6.12. The van der Waals surface area contributed by atoms with Crippen LogP contribution in [0.1, 0.15) is 22.9 Å². The van der Waals surface area contributed by atoms with Crippen LogP contribution < -0.4 is 15.8 Å². The van der Waals surface area contributed by atoms with Crippen LogP contribution in [0, 0.1) is 5.82 Å². The highest BCUT2D eigenvalue weighted by Crippen LogP contribution is 2.15. The summed E-state index contributed by atoms with van der Waals surface area (Å²) in [5, 5.41) is 2.79. The summed E-state index contributed by atoms with van der Waals surface area (Å²) in [4.78, 5) is 16.2. The number of aromatic nitrogens is 1. The van der Waals surface area contributed by atoms with Gasteiger partial charge in [0, 0.05) is 12.7 Å². The molecule has 0 aliphatic heterocycles. The van der Waals surface area contributed by atoms with Crippen LogP contribution in [0.2, 0.25) is 0 Å². The van der Waals surface area contributed by atoms with Crippen molar-refractivity contribution in [3.63, 3.8) is 0 Å². The van der Waals surface area contributed by atoms with Gasteiger partial charge >= 0.3 is 0 Å². The number of carbonyl (C=O) groups excluding carboxylic acids is 1. The van der Waals surface area contributed by atoms with E-state index in [0.29, 0.717) is 18.0 Å². The first-order chi connectivity index (χ1) is 13.1. The molecule has 3 N–H and O–H groups in total.